The van der Waals surface area contributed by atoms with E-state index >= 15 is 0 Å². The van der Waals surface area contributed by atoms with Gasteiger partial charge in [0.1, 0.15) is 6.10 Å². The van der Waals surface area contributed by atoms with Gasteiger partial charge in [0.25, 0.3) is 0 Å². The van der Waals surface area contributed by atoms with Crippen molar-refractivity contribution in [1.29, 1.82) is 0 Å². The summed E-state index contributed by atoms with van der Waals surface area (Å²) in [6.45, 7) is 17.6. The SMILES string of the molecule is C[C@@H]1CCC[C@H](C)CCC[C@H](C)CC[C@@H](C)CCC[C@@H](C)CCC[C@@H](C)CCC[C@@H](C)CCO[C@H](COP(=O)(Cl)OCCCl)COCC[C@H](C)CCC1. The van der Waals surface area contributed by atoms with E-state index in [0.29, 0.717) is 31.7 Å². The van der Waals surface area contributed by atoms with Crippen molar-refractivity contribution in [1.82, 2.24) is 0 Å². The van der Waals surface area contributed by atoms with Crippen molar-refractivity contribution in [3.05, 3.63) is 0 Å². The molecule has 0 radical (unpaired) electrons. The highest BCUT2D eigenvalue weighted by atomic mass is 35.7. The summed E-state index contributed by atoms with van der Waals surface area (Å²) in [5, 5.41) is 0. The van der Waals surface area contributed by atoms with E-state index in [1.54, 1.807) is 0 Å². The standard InChI is InChI=1S/C45H89Cl2O5P/c1-37-15-9-17-39(3)21-13-25-43(7)29-32-49-35-45(36-52-53(47,48)51-34-31-46)50-33-30-44(8)26-14-22-40(4)18-10-16-38(2)20-12-24-42(6)28-27-41(5)23-11-19-37/h37-45H,9-36H2,1-8H3/t37-,38-,39+,40+,41-,42-,43+,44+,45-,53?/m0/s1. The Morgan fingerprint density at radius 3 is 1.17 bits per heavy atom. The third-order valence-corrected chi connectivity index (χ3v) is 14.0. The maximum Gasteiger partial charge on any atom is 0.424 e. The smallest absolute Gasteiger partial charge is 0.379 e. The van der Waals surface area contributed by atoms with Crippen molar-refractivity contribution in [2.75, 3.05) is 38.9 Å². The van der Waals surface area contributed by atoms with Gasteiger partial charge in [0.2, 0.25) is 0 Å². The van der Waals surface area contributed by atoms with Gasteiger partial charge in [-0.05, 0) is 60.2 Å². The topological polar surface area (TPSA) is 54.0 Å². The summed E-state index contributed by atoms with van der Waals surface area (Å²) in [6, 6.07) is 0. The van der Waals surface area contributed by atoms with Crippen molar-refractivity contribution < 1.29 is 23.1 Å². The van der Waals surface area contributed by atoms with Crippen LogP contribution < -0.4 is 0 Å². The summed E-state index contributed by atoms with van der Waals surface area (Å²) in [6.07, 6.45) is 28.8. The minimum absolute atomic E-state index is 0.0676. The lowest BCUT2D eigenvalue weighted by atomic mass is 9.88. The molecule has 1 rings (SSSR count). The lowest BCUT2D eigenvalue weighted by Crippen LogP contribution is -2.26. The molecule has 0 aromatic carbocycles. The fraction of sp³-hybridized carbons (Fsp3) is 1.00. The van der Waals surface area contributed by atoms with Gasteiger partial charge in [0.05, 0.1) is 19.8 Å². The Balaban J connectivity index is 2.64. The van der Waals surface area contributed by atoms with Gasteiger partial charge in [-0.15, -0.1) is 11.6 Å². The van der Waals surface area contributed by atoms with Gasteiger partial charge in [-0.3, -0.25) is 9.05 Å². The Kier molecular flexibility index (Phi) is 31.8. The van der Waals surface area contributed by atoms with Crippen molar-refractivity contribution in [2.24, 2.45) is 47.3 Å². The van der Waals surface area contributed by atoms with Gasteiger partial charge >= 0.3 is 6.95 Å². The molecule has 1 saturated heterocycles. The second-order valence-electron chi connectivity index (χ2n) is 18.4. The average Bonchev–Trinajstić information content (AvgIpc) is 3.10. The molecule has 53 heavy (non-hydrogen) atoms. The summed E-state index contributed by atoms with van der Waals surface area (Å²) >= 11 is 11.7. The molecule has 10 atom stereocenters. The number of hydrogen-bond acceptors (Lipinski definition) is 5. The van der Waals surface area contributed by atoms with Gasteiger partial charge in [-0.2, -0.15) is 0 Å². The van der Waals surface area contributed by atoms with Crippen LogP contribution in [-0.2, 0) is 23.1 Å². The lowest BCUT2D eigenvalue weighted by Gasteiger charge is -2.21. The van der Waals surface area contributed by atoms with E-state index in [-0.39, 0.29) is 25.2 Å². The molecule has 0 saturated carbocycles. The van der Waals surface area contributed by atoms with Crippen LogP contribution in [-0.4, -0.2) is 45.0 Å². The Hall–Kier alpha value is 0.650. The van der Waals surface area contributed by atoms with E-state index in [1.807, 2.05) is 0 Å². The zero-order valence-corrected chi connectivity index (χ0v) is 38.6. The minimum Gasteiger partial charge on any atom is -0.379 e. The average molecular weight is 812 g/mol. The predicted molar refractivity (Wildman–Crippen MR) is 232 cm³/mol. The zero-order valence-electron chi connectivity index (χ0n) is 36.2. The molecule has 1 heterocycles. The first-order valence-corrected chi connectivity index (χ1v) is 25.6. The maximum atomic E-state index is 12.5. The van der Waals surface area contributed by atoms with Crippen LogP contribution >= 0.6 is 29.8 Å². The third-order valence-electron chi connectivity index (χ3n) is 12.3. The van der Waals surface area contributed by atoms with E-state index in [2.05, 4.69) is 55.4 Å². The van der Waals surface area contributed by atoms with Crippen LogP contribution in [0.5, 0.6) is 0 Å². The number of halogens is 2. The molecule has 0 aliphatic carbocycles. The Morgan fingerprint density at radius 2 is 0.811 bits per heavy atom. The molecular formula is C45H89Cl2O5P. The maximum absolute atomic E-state index is 12.5. The highest BCUT2D eigenvalue weighted by molar-refractivity contribution is 7.81. The van der Waals surface area contributed by atoms with E-state index < -0.39 is 6.95 Å². The summed E-state index contributed by atoms with van der Waals surface area (Å²) in [5.41, 5.74) is 0. The van der Waals surface area contributed by atoms with Gasteiger partial charge in [-0.25, -0.2) is 4.57 Å². The van der Waals surface area contributed by atoms with Gasteiger partial charge in [0, 0.05) is 30.3 Å². The summed E-state index contributed by atoms with van der Waals surface area (Å²) in [4.78, 5) is 0. The number of hydrogen-bond donors (Lipinski definition) is 0. The number of alkyl halides is 1. The molecule has 0 bridgehead atoms. The van der Waals surface area contributed by atoms with Gasteiger partial charge in [0.15, 0.2) is 0 Å². The number of rotatable bonds is 6. The first-order chi connectivity index (χ1) is 25.3. The molecule has 8 heteroatoms. The molecule has 1 aliphatic heterocycles. The molecule has 1 unspecified atom stereocenters. The van der Waals surface area contributed by atoms with Crippen LogP contribution in [0.1, 0.15) is 197 Å². The molecule has 0 amide bonds. The first kappa shape index (κ1) is 51.7. The molecule has 318 valence electrons. The molecule has 1 aliphatic rings. The Labute approximate surface area is 340 Å². The summed E-state index contributed by atoms with van der Waals surface area (Å²) < 4.78 is 35.4. The summed E-state index contributed by atoms with van der Waals surface area (Å²) in [5.74, 6) is 6.49. The fourth-order valence-electron chi connectivity index (χ4n) is 8.04. The molecule has 0 aromatic heterocycles. The lowest BCUT2D eigenvalue weighted by molar-refractivity contribution is -0.0437. The molecule has 5 nitrogen and oxygen atoms in total. The van der Waals surface area contributed by atoms with E-state index in [1.165, 1.54) is 128 Å². The predicted octanol–water partition coefficient (Wildman–Crippen LogP) is 15.7. The van der Waals surface area contributed by atoms with Gasteiger partial charge < -0.3 is 9.47 Å². The zero-order chi connectivity index (χ0) is 39.3. The van der Waals surface area contributed by atoms with E-state index in [4.69, 9.17) is 41.4 Å². The Bertz CT molecular complexity index is 880. The second kappa shape index (κ2) is 32.6. The third kappa shape index (κ3) is 31.3. The molecule has 0 spiro atoms. The molecule has 0 N–H and O–H groups in total. The van der Waals surface area contributed by atoms with Crippen LogP contribution in [0.3, 0.4) is 0 Å². The van der Waals surface area contributed by atoms with Crippen LogP contribution in [0.4, 0.5) is 0 Å². The first-order valence-electron chi connectivity index (χ1n) is 22.6. The quantitative estimate of drug-likeness (QED) is 0.198. The normalized spacial score (nSPS) is 34.1. The molecular weight excluding hydrogens is 722 g/mol. The van der Waals surface area contributed by atoms with Gasteiger partial charge in [-0.1, -0.05) is 184 Å². The molecule has 0 aromatic rings. The van der Waals surface area contributed by atoms with Crippen molar-refractivity contribution >= 4 is 29.8 Å². The summed E-state index contributed by atoms with van der Waals surface area (Å²) in [7, 11) is 0. The van der Waals surface area contributed by atoms with Crippen LogP contribution in [0.25, 0.3) is 0 Å². The number of ether oxygens (including phenoxy) is 2. The monoisotopic (exact) mass is 811 g/mol. The van der Waals surface area contributed by atoms with Crippen molar-refractivity contribution in [3.63, 3.8) is 0 Å². The Morgan fingerprint density at radius 1 is 0.491 bits per heavy atom. The fourth-order valence-corrected chi connectivity index (χ4v) is 9.33. The van der Waals surface area contributed by atoms with Crippen LogP contribution in [0.15, 0.2) is 0 Å². The molecule has 1 fully saturated rings. The minimum atomic E-state index is -3.70. The van der Waals surface area contributed by atoms with E-state index in [0.717, 1.165) is 48.3 Å². The van der Waals surface area contributed by atoms with Crippen molar-refractivity contribution in [2.45, 2.75) is 203 Å². The van der Waals surface area contributed by atoms with Crippen LogP contribution in [0, 0.1) is 47.3 Å². The highest BCUT2D eigenvalue weighted by Crippen LogP contribution is 2.53. The second-order valence-corrected chi connectivity index (χ2v) is 21.4. The highest BCUT2D eigenvalue weighted by Gasteiger charge is 2.24. The van der Waals surface area contributed by atoms with E-state index in [9.17, 15) is 4.57 Å². The largest absolute Gasteiger partial charge is 0.424 e. The van der Waals surface area contributed by atoms with Crippen LogP contribution in [0.2, 0.25) is 0 Å². The van der Waals surface area contributed by atoms with Crippen molar-refractivity contribution in [3.8, 4) is 0 Å².